The van der Waals surface area contributed by atoms with E-state index in [-0.39, 0.29) is 0 Å². The third-order valence-corrected chi connectivity index (χ3v) is 0.940. The van der Waals surface area contributed by atoms with E-state index in [9.17, 15) is 4.39 Å². The largest absolute Gasteiger partial charge is 0.411 e. The molecule has 0 unspecified atom stereocenters. The number of hydrogen-bond acceptors (Lipinski definition) is 3. The van der Waals surface area contributed by atoms with E-state index in [1.165, 1.54) is 12.1 Å². The Balaban J connectivity index is 2.89. The van der Waals surface area contributed by atoms with E-state index >= 15 is 0 Å². The monoisotopic (exact) mass is 140 g/mol. The molecule has 0 aliphatic heterocycles. The second-order valence-electron chi connectivity index (χ2n) is 1.65. The molecule has 0 atom stereocenters. The van der Waals surface area contributed by atoms with Crippen LogP contribution in [0.5, 0.6) is 0 Å². The quantitative estimate of drug-likeness (QED) is 0.359. The molecule has 0 saturated heterocycles. The van der Waals surface area contributed by atoms with Crippen LogP contribution >= 0.6 is 0 Å². The Hall–Kier alpha value is -1.45. The molecule has 1 aromatic rings. The van der Waals surface area contributed by atoms with E-state index < -0.39 is 5.82 Å². The highest BCUT2D eigenvalue weighted by Gasteiger charge is 1.89. The van der Waals surface area contributed by atoms with Crippen molar-refractivity contribution >= 4 is 6.21 Å². The van der Waals surface area contributed by atoms with Crippen LogP contribution in [0.15, 0.2) is 23.5 Å². The fourth-order valence-electron chi connectivity index (χ4n) is 0.523. The van der Waals surface area contributed by atoms with Gasteiger partial charge in [-0.05, 0) is 12.1 Å². The minimum atomic E-state index is -0.407. The van der Waals surface area contributed by atoms with Crippen molar-refractivity contribution in [1.82, 2.24) is 4.98 Å². The average Bonchev–Trinajstić information content (AvgIpc) is 1.95. The Morgan fingerprint density at radius 2 is 2.40 bits per heavy atom. The summed E-state index contributed by atoms with van der Waals surface area (Å²) in [5.74, 6) is -0.407. The van der Waals surface area contributed by atoms with Crippen LogP contribution in [0.3, 0.4) is 0 Å². The summed E-state index contributed by atoms with van der Waals surface area (Å²) < 4.78 is 12.2. The van der Waals surface area contributed by atoms with Gasteiger partial charge in [0.25, 0.3) is 0 Å². The molecule has 1 N–H and O–H groups in total. The molecule has 0 saturated carbocycles. The minimum absolute atomic E-state index is 0.407. The summed E-state index contributed by atoms with van der Waals surface area (Å²) >= 11 is 0. The van der Waals surface area contributed by atoms with Crippen molar-refractivity contribution in [1.29, 1.82) is 0 Å². The summed E-state index contributed by atoms with van der Waals surface area (Å²) in [5, 5.41) is 10.8. The van der Waals surface area contributed by atoms with E-state index in [1.54, 1.807) is 0 Å². The molecule has 0 radical (unpaired) electrons. The zero-order chi connectivity index (χ0) is 7.40. The minimum Gasteiger partial charge on any atom is -0.411 e. The van der Waals surface area contributed by atoms with Crippen LogP contribution in [0.25, 0.3) is 0 Å². The normalized spacial score (nSPS) is 10.5. The number of nitrogens with zero attached hydrogens (tertiary/aromatic N) is 2. The van der Waals surface area contributed by atoms with Crippen molar-refractivity contribution in [3.8, 4) is 0 Å². The molecule has 1 heterocycles. The van der Waals surface area contributed by atoms with Crippen molar-refractivity contribution in [2.24, 2.45) is 5.16 Å². The fraction of sp³-hybridized carbons (Fsp3) is 0. The molecule has 0 bridgehead atoms. The second kappa shape index (κ2) is 2.91. The van der Waals surface area contributed by atoms with Crippen LogP contribution < -0.4 is 0 Å². The highest BCUT2D eigenvalue weighted by molar-refractivity contribution is 5.75. The summed E-state index contributed by atoms with van der Waals surface area (Å²) in [7, 11) is 0. The van der Waals surface area contributed by atoms with Gasteiger partial charge in [-0.3, -0.25) is 4.98 Å². The van der Waals surface area contributed by atoms with Crippen LogP contribution in [0, 0.1) is 5.82 Å². The lowest BCUT2D eigenvalue weighted by molar-refractivity contribution is 0.321. The molecule has 10 heavy (non-hydrogen) atoms. The van der Waals surface area contributed by atoms with E-state index in [2.05, 4.69) is 10.1 Å². The summed E-state index contributed by atoms with van der Waals surface area (Å²) in [6, 6.07) is 2.65. The number of aromatic nitrogens is 1. The van der Waals surface area contributed by atoms with E-state index in [1.807, 2.05) is 0 Å². The van der Waals surface area contributed by atoms with Gasteiger partial charge in [0.1, 0.15) is 5.82 Å². The highest BCUT2D eigenvalue weighted by Crippen LogP contribution is 1.94. The Morgan fingerprint density at radius 3 is 2.90 bits per heavy atom. The molecule has 0 amide bonds. The van der Waals surface area contributed by atoms with Crippen molar-refractivity contribution in [2.75, 3.05) is 0 Å². The topological polar surface area (TPSA) is 45.5 Å². The maximum absolute atomic E-state index is 12.2. The number of halogens is 1. The van der Waals surface area contributed by atoms with Gasteiger partial charge in [0, 0.05) is 0 Å². The van der Waals surface area contributed by atoms with E-state index in [4.69, 9.17) is 5.21 Å². The van der Waals surface area contributed by atoms with Crippen molar-refractivity contribution in [3.05, 3.63) is 29.8 Å². The third kappa shape index (κ3) is 1.51. The van der Waals surface area contributed by atoms with Gasteiger partial charge in [-0.25, -0.2) is 4.39 Å². The first-order valence-corrected chi connectivity index (χ1v) is 2.62. The Bertz CT molecular complexity index is 232. The van der Waals surface area contributed by atoms with Gasteiger partial charge in [0.05, 0.1) is 18.1 Å². The van der Waals surface area contributed by atoms with Crippen molar-refractivity contribution in [2.45, 2.75) is 0 Å². The van der Waals surface area contributed by atoms with Crippen molar-refractivity contribution < 1.29 is 9.60 Å². The predicted molar refractivity (Wildman–Crippen MR) is 33.6 cm³/mol. The average molecular weight is 140 g/mol. The van der Waals surface area contributed by atoms with E-state index in [0.717, 1.165) is 12.4 Å². The van der Waals surface area contributed by atoms with Gasteiger partial charge in [-0.2, -0.15) is 0 Å². The van der Waals surface area contributed by atoms with Crippen LogP contribution in [0.4, 0.5) is 4.39 Å². The molecular weight excluding hydrogens is 135 g/mol. The predicted octanol–water partition coefficient (Wildman–Crippen LogP) is 1.03. The molecule has 1 aromatic heterocycles. The first-order chi connectivity index (χ1) is 4.83. The highest BCUT2D eigenvalue weighted by atomic mass is 19.1. The smallest absolute Gasteiger partial charge is 0.141 e. The molecule has 0 spiro atoms. The van der Waals surface area contributed by atoms with Gasteiger partial charge >= 0.3 is 0 Å². The molecule has 0 aromatic carbocycles. The second-order valence-corrected chi connectivity index (χ2v) is 1.65. The SMILES string of the molecule is ON=Cc1ccc(F)cn1. The van der Waals surface area contributed by atoms with Gasteiger partial charge in [-0.1, -0.05) is 5.16 Å². The summed E-state index contributed by atoms with van der Waals surface area (Å²) in [4.78, 5) is 3.58. The van der Waals surface area contributed by atoms with Crippen molar-refractivity contribution in [3.63, 3.8) is 0 Å². The number of hydrogen-bond donors (Lipinski definition) is 1. The first-order valence-electron chi connectivity index (χ1n) is 2.62. The molecule has 0 aliphatic carbocycles. The molecular formula is C6H5FN2O. The zero-order valence-electron chi connectivity index (χ0n) is 5.03. The molecule has 0 fully saturated rings. The standard InChI is InChI=1S/C6H5FN2O/c7-5-1-2-6(4-9-10)8-3-5/h1-4,10H. The molecule has 3 nitrogen and oxygen atoms in total. The maximum Gasteiger partial charge on any atom is 0.141 e. The lowest BCUT2D eigenvalue weighted by atomic mass is 10.4. The summed E-state index contributed by atoms with van der Waals surface area (Å²) in [6.07, 6.45) is 2.18. The van der Waals surface area contributed by atoms with Gasteiger partial charge < -0.3 is 5.21 Å². The summed E-state index contributed by atoms with van der Waals surface area (Å²) in [6.45, 7) is 0. The molecule has 4 heteroatoms. The van der Waals surface area contributed by atoms with Crippen LogP contribution in [-0.2, 0) is 0 Å². The van der Waals surface area contributed by atoms with Crippen LogP contribution in [0.2, 0.25) is 0 Å². The Labute approximate surface area is 56.8 Å². The first kappa shape index (κ1) is 6.67. The lowest BCUT2D eigenvalue weighted by Crippen LogP contribution is -1.86. The molecule has 52 valence electrons. The molecule has 0 aliphatic rings. The van der Waals surface area contributed by atoms with Gasteiger partial charge in [0.15, 0.2) is 0 Å². The number of rotatable bonds is 1. The van der Waals surface area contributed by atoms with Crippen LogP contribution in [0.1, 0.15) is 5.69 Å². The maximum atomic E-state index is 12.2. The third-order valence-electron chi connectivity index (χ3n) is 0.940. The number of pyridine rings is 1. The molecule has 1 rings (SSSR count). The van der Waals surface area contributed by atoms with Gasteiger partial charge in [-0.15, -0.1) is 0 Å². The lowest BCUT2D eigenvalue weighted by Gasteiger charge is -1.87. The van der Waals surface area contributed by atoms with E-state index in [0.29, 0.717) is 5.69 Å². The Kier molecular flexibility index (Phi) is 1.94. The fourth-order valence-corrected chi connectivity index (χ4v) is 0.523. The number of oxime groups is 1. The van der Waals surface area contributed by atoms with Gasteiger partial charge in [0.2, 0.25) is 0 Å². The van der Waals surface area contributed by atoms with Crippen LogP contribution in [-0.4, -0.2) is 16.4 Å². The Morgan fingerprint density at radius 1 is 1.60 bits per heavy atom. The summed E-state index contributed by atoms with van der Waals surface area (Å²) in [5.41, 5.74) is 0.420. The zero-order valence-corrected chi connectivity index (χ0v) is 5.03.